The van der Waals surface area contributed by atoms with Crippen molar-refractivity contribution < 1.29 is 4.74 Å². The van der Waals surface area contributed by atoms with Gasteiger partial charge < -0.3 is 10.1 Å². The van der Waals surface area contributed by atoms with Crippen molar-refractivity contribution in [3.05, 3.63) is 0 Å². The molecular formula is C13H27NO. The minimum absolute atomic E-state index is 0.415. The van der Waals surface area contributed by atoms with Crippen LogP contribution in [0.25, 0.3) is 0 Å². The summed E-state index contributed by atoms with van der Waals surface area (Å²) >= 11 is 0. The summed E-state index contributed by atoms with van der Waals surface area (Å²) < 4.78 is 5.92. The van der Waals surface area contributed by atoms with Gasteiger partial charge in [0.2, 0.25) is 0 Å². The van der Waals surface area contributed by atoms with E-state index >= 15 is 0 Å². The SMILES string of the molecule is CCCC(C)(CNC)CC1CCC(C)O1. The highest BCUT2D eigenvalue weighted by Crippen LogP contribution is 2.34. The molecule has 0 spiro atoms. The third-order valence-corrected chi connectivity index (χ3v) is 3.50. The first-order valence-corrected chi connectivity index (χ1v) is 6.39. The molecule has 0 aromatic rings. The molecular weight excluding hydrogens is 186 g/mol. The second-order valence-corrected chi connectivity index (χ2v) is 5.44. The molecule has 90 valence electrons. The molecule has 1 rings (SSSR count). The average molecular weight is 213 g/mol. The topological polar surface area (TPSA) is 21.3 Å². The minimum atomic E-state index is 0.415. The number of rotatable bonds is 6. The zero-order valence-electron chi connectivity index (χ0n) is 10.8. The highest BCUT2D eigenvalue weighted by molar-refractivity contribution is 4.82. The van der Waals surface area contributed by atoms with Crippen molar-refractivity contribution in [2.45, 2.75) is 65.1 Å². The van der Waals surface area contributed by atoms with E-state index in [0.29, 0.717) is 17.6 Å². The van der Waals surface area contributed by atoms with Crippen molar-refractivity contribution in [1.82, 2.24) is 5.32 Å². The summed E-state index contributed by atoms with van der Waals surface area (Å²) in [5.41, 5.74) is 0.415. The molecule has 1 aliphatic rings. The number of hydrogen-bond acceptors (Lipinski definition) is 2. The second kappa shape index (κ2) is 5.86. The molecule has 2 heteroatoms. The molecule has 0 aliphatic carbocycles. The van der Waals surface area contributed by atoms with Gasteiger partial charge in [0, 0.05) is 6.54 Å². The van der Waals surface area contributed by atoms with Crippen molar-refractivity contribution in [3.8, 4) is 0 Å². The van der Waals surface area contributed by atoms with Gasteiger partial charge in [0.15, 0.2) is 0 Å². The van der Waals surface area contributed by atoms with Crippen molar-refractivity contribution in [2.24, 2.45) is 5.41 Å². The molecule has 0 amide bonds. The van der Waals surface area contributed by atoms with Gasteiger partial charge in [-0.05, 0) is 45.1 Å². The molecule has 1 N–H and O–H groups in total. The van der Waals surface area contributed by atoms with Gasteiger partial charge in [-0.3, -0.25) is 0 Å². The fourth-order valence-corrected chi connectivity index (χ4v) is 2.88. The van der Waals surface area contributed by atoms with Crippen molar-refractivity contribution >= 4 is 0 Å². The fraction of sp³-hybridized carbons (Fsp3) is 1.00. The third-order valence-electron chi connectivity index (χ3n) is 3.50. The van der Waals surface area contributed by atoms with Gasteiger partial charge in [0.25, 0.3) is 0 Å². The van der Waals surface area contributed by atoms with Crippen LogP contribution in [0.5, 0.6) is 0 Å². The van der Waals surface area contributed by atoms with Crippen LogP contribution in [0.3, 0.4) is 0 Å². The number of nitrogens with one attached hydrogen (secondary N) is 1. The Morgan fingerprint density at radius 1 is 1.40 bits per heavy atom. The second-order valence-electron chi connectivity index (χ2n) is 5.44. The van der Waals surface area contributed by atoms with Crippen LogP contribution in [-0.4, -0.2) is 25.8 Å². The predicted molar refractivity (Wildman–Crippen MR) is 65.1 cm³/mol. The standard InChI is InChI=1S/C13H27NO/c1-5-8-13(3,10-14-4)9-12-7-6-11(2)15-12/h11-12,14H,5-10H2,1-4H3. The quantitative estimate of drug-likeness (QED) is 0.732. The lowest BCUT2D eigenvalue weighted by molar-refractivity contribution is 0.0233. The predicted octanol–water partition coefficient (Wildman–Crippen LogP) is 2.97. The summed E-state index contributed by atoms with van der Waals surface area (Å²) in [6.07, 6.45) is 7.26. The van der Waals surface area contributed by atoms with E-state index in [1.54, 1.807) is 0 Å². The lowest BCUT2D eigenvalue weighted by atomic mass is 9.80. The lowest BCUT2D eigenvalue weighted by Crippen LogP contribution is -2.33. The summed E-state index contributed by atoms with van der Waals surface area (Å²) in [5.74, 6) is 0. The van der Waals surface area contributed by atoms with Crippen molar-refractivity contribution in [3.63, 3.8) is 0 Å². The van der Waals surface area contributed by atoms with Gasteiger partial charge in [-0.2, -0.15) is 0 Å². The van der Waals surface area contributed by atoms with E-state index in [4.69, 9.17) is 4.74 Å². The van der Waals surface area contributed by atoms with Gasteiger partial charge in [0.1, 0.15) is 0 Å². The molecule has 0 aromatic heterocycles. The minimum Gasteiger partial charge on any atom is -0.375 e. The average Bonchev–Trinajstić information content (AvgIpc) is 2.51. The normalized spacial score (nSPS) is 30.4. The van der Waals surface area contributed by atoms with E-state index in [0.717, 1.165) is 6.54 Å². The summed E-state index contributed by atoms with van der Waals surface area (Å²) in [6, 6.07) is 0. The van der Waals surface area contributed by atoms with Crippen LogP contribution in [0.4, 0.5) is 0 Å². The van der Waals surface area contributed by atoms with Crippen LogP contribution >= 0.6 is 0 Å². The zero-order valence-corrected chi connectivity index (χ0v) is 10.8. The van der Waals surface area contributed by atoms with Crippen LogP contribution in [0.2, 0.25) is 0 Å². The Morgan fingerprint density at radius 2 is 2.13 bits per heavy atom. The molecule has 1 heterocycles. The molecule has 3 atom stereocenters. The van der Waals surface area contributed by atoms with Gasteiger partial charge >= 0.3 is 0 Å². The summed E-state index contributed by atoms with van der Waals surface area (Å²) in [4.78, 5) is 0. The molecule has 1 saturated heterocycles. The Kier molecular flexibility index (Phi) is 5.07. The maximum atomic E-state index is 5.92. The zero-order chi connectivity index (χ0) is 11.3. The molecule has 0 radical (unpaired) electrons. The Hall–Kier alpha value is -0.0800. The molecule has 0 aromatic carbocycles. The van der Waals surface area contributed by atoms with E-state index in [9.17, 15) is 0 Å². The molecule has 0 saturated carbocycles. The lowest BCUT2D eigenvalue weighted by Gasteiger charge is -2.31. The van der Waals surface area contributed by atoms with Crippen LogP contribution in [-0.2, 0) is 4.74 Å². The maximum absolute atomic E-state index is 5.92. The Balaban J connectivity index is 2.43. The first-order valence-electron chi connectivity index (χ1n) is 6.39. The van der Waals surface area contributed by atoms with E-state index in [2.05, 4.69) is 26.1 Å². The molecule has 3 unspecified atom stereocenters. The fourth-order valence-electron chi connectivity index (χ4n) is 2.88. The third kappa shape index (κ3) is 4.12. The smallest absolute Gasteiger partial charge is 0.0585 e. The van der Waals surface area contributed by atoms with Crippen molar-refractivity contribution in [2.75, 3.05) is 13.6 Å². The van der Waals surface area contributed by atoms with Crippen LogP contribution in [0.15, 0.2) is 0 Å². The van der Waals surface area contributed by atoms with Gasteiger partial charge in [-0.15, -0.1) is 0 Å². The largest absolute Gasteiger partial charge is 0.375 e. The maximum Gasteiger partial charge on any atom is 0.0585 e. The Labute approximate surface area is 94.8 Å². The van der Waals surface area contributed by atoms with Crippen LogP contribution < -0.4 is 5.32 Å². The Bertz CT molecular complexity index is 175. The highest BCUT2D eigenvalue weighted by atomic mass is 16.5. The summed E-state index contributed by atoms with van der Waals surface area (Å²) in [5, 5.41) is 3.32. The number of hydrogen-bond donors (Lipinski definition) is 1. The monoisotopic (exact) mass is 213 g/mol. The van der Waals surface area contributed by atoms with Gasteiger partial charge in [-0.1, -0.05) is 20.3 Å². The van der Waals surface area contributed by atoms with E-state index < -0.39 is 0 Å². The summed E-state index contributed by atoms with van der Waals surface area (Å²) in [7, 11) is 2.05. The van der Waals surface area contributed by atoms with Gasteiger partial charge in [-0.25, -0.2) is 0 Å². The van der Waals surface area contributed by atoms with Crippen molar-refractivity contribution in [1.29, 1.82) is 0 Å². The van der Waals surface area contributed by atoms with Crippen LogP contribution in [0, 0.1) is 5.41 Å². The first kappa shape index (κ1) is 13.0. The summed E-state index contributed by atoms with van der Waals surface area (Å²) in [6.45, 7) is 7.95. The number of ether oxygens (including phenoxy) is 1. The first-order chi connectivity index (χ1) is 7.09. The molecule has 1 fully saturated rings. The molecule has 0 bridgehead atoms. The Morgan fingerprint density at radius 3 is 2.60 bits per heavy atom. The molecule has 2 nitrogen and oxygen atoms in total. The van der Waals surface area contributed by atoms with Crippen LogP contribution in [0.1, 0.15) is 52.9 Å². The highest BCUT2D eigenvalue weighted by Gasteiger charge is 2.31. The molecule has 15 heavy (non-hydrogen) atoms. The molecule has 1 aliphatic heterocycles. The van der Waals surface area contributed by atoms with E-state index in [1.165, 1.54) is 32.1 Å². The van der Waals surface area contributed by atoms with Gasteiger partial charge in [0.05, 0.1) is 12.2 Å². The van der Waals surface area contributed by atoms with E-state index in [-0.39, 0.29) is 0 Å². The van der Waals surface area contributed by atoms with E-state index in [1.807, 2.05) is 7.05 Å².